The summed E-state index contributed by atoms with van der Waals surface area (Å²) in [5.41, 5.74) is 1.56. The fourth-order valence-electron chi connectivity index (χ4n) is 2.60. The van der Waals surface area contributed by atoms with Crippen molar-refractivity contribution in [3.63, 3.8) is 0 Å². The van der Waals surface area contributed by atoms with Crippen LogP contribution in [0.2, 0.25) is 0 Å². The highest BCUT2D eigenvalue weighted by atomic mass is 79.9. The molecule has 3 aromatic rings. The standard InChI is InChI=1S/C19H16BrNO5S2/c1-25-16-11-13(19(22)26-2)5-8-15(16)21(28(23)24)18-10-9-17(27-18)12-3-6-14(20)7-4-12/h3-11,28H,1-2H3. The average Bonchev–Trinajstić information content (AvgIpc) is 3.17. The van der Waals surface area contributed by atoms with Gasteiger partial charge in [-0.15, -0.1) is 11.3 Å². The van der Waals surface area contributed by atoms with Crippen molar-refractivity contribution in [2.45, 2.75) is 0 Å². The number of benzene rings is 2. The Morgan fingerprint density at radius 1 is 1.04 bits per heavy atom. The second kappa shape index (κ2) is 8.76. The van der Waals surface area contributed by atoms with E-state index in [1.165, 1.54) is 48.1 Å². The third kappa shape index (κ3) is 4.21. The number of methoxy groups -OCH3 is 2. The number of carbonyl (C=O) groups is 1. The zero-order valence-electron chi connectivity index (χ0n) is 14.9. The first-order valence-electron chi connectivity index (χ1n) is 8.01. The van der Waals surface area contributed by atoms with E-state index in [2.05, 4.69) is 15.9 Å². The quantitative estimate of drug-likeness (QED) is 0.410. The van der Waals surface area contributed by atoms with Gasteiger partial charge in [-0.25, -0.2) is 17.5 Å². The Hall–Kier alpha value is -2.36. The van der Waals surface area contributed by atoms with Crippen molar-refractivity contribution in [1.82, 2.24) is 0 Å². The SMILES string of the molecule is COC(=O)c1ccc(N(c2ccc(-c3ccc(Br)cc3)s2)[SH](=O)=O)c(OC)c1. The molecule has 0 atom stereocenters. The number of halogens is 1. The lowest BCUT2D eigenvalue weighted by atomic mass is 10.2. The molecular formula is C19H16BrNO5S2. The molecule has 0 aliphatic rings. The van der Waals surface area contributed by atoms with E-state index in [0.717, 1.165) is 14.9 Å². The molecule has 0 N–H and O–H groups in total. The molecule has 0 aliphatic heterocycles. The van der Waals surface area contributed by atoms with Gasteiger partial charge in [0.05, 0.1) is 25.5 Å². The van der Waals surface area contributed by atoms with Gasteiger partial charge in [-0.1, -0.05) is 28.1 Å². The van der Waals surface area contributed by atoms with Crippen LogP contribution in [0.15, 0.2) is 59.1 Å². The second-order valence-corrected chi connectivity index (χ2v) is 8.43. The molecule has 0 saturated heterocycles. The zero-order chi connectivity index (χ0) is 20.3. The molecule has 146 valence electrons. The van der Waals surface area contributed by atoms with Gasteiger partial charge in [0.2, 0.25) is 10.9 Å². The topological polar surface area (TPSA) is 72.9 Å². The fraction of sp³-hybridized carbons (Fsp3) is 0.105. The number of thiol groups is 1. The highest BCUT2D eigenvalue weighted by molar-refractivity contribution is 9.10. The third-order valence-electron chi connectivity index (χ3n) is 3.92. The monoisotopic (exact) mass is 481 g/mol. The van der Waals surface area contributed by atoms with Crippen molar-refractivity contribution in [2.75, 3.05) is 18.5 Å². The number of carbonyl (C=O) groups excluding carboxylic acids is 1. The van der Waals surface area contributed by atoms with Gasteiger partial charge in [-0.05, 0) is 48.0 Å². The van der Waals surface area contributed by atoms with Crippen LogP contribution >= 0.6 is 27.3 Å². The van der Waals surface area contributed by atoms with E-state index in [1.807, 2.05) is 30.3 Å². The minimum absolute atomic E-state index is 0.251. The lowest BCUT2D eigenvalue weighted by molar-refractivity contribution is 0.0600. The van der Waals surface area contributed by atoms with E-state index in [0.29, 0.717) is 10.7 Å². The van der Waals surface area contributed by atoms with Crippen LogP contribution in [-0.4, -0.2) is 28.6 Å². The molecule has 28 heavy (non-hydrogen) atoms. The largest absolute Gasteiger partial charge is 0.495 e. The van der Waals surface area contributed by atoms with Gasteiger partial charge >= 0.3 is 5.97 Å². The molecular weight excluding hydrogens is 466 g/mol. The Kier molecular flexibility index (Phi) is 6.38. The van der Waals surface area contributed by atoms with E-state index in [4.69, 9.17) is 9.47 Å². The first-order valence-corrected chi connectivity index (χ1v) is 10.7. The number of nitrogens with zero attached hydrogens (tertiary/aromatic N) is 1. The van der Waals surface area contributed by atoms with Crippen molar-refractivity contribution in [3.8, 4) is 16.2 Å². The normalized spacial score (nSPS) is 10.7. The fourth-order valence-corrected chi connectivity index (χ4v) is 4.69. The van der Waals surface area contributed by atoms with E-state index >= 15 is 0 Å². The minimum Gasteiger partial charge on any atom is -0.495 e. The minimum atomic E-state index is -2.99. The van der Waals surface area contributed by atoms with E-state index in [9.17, 15) is 13.2 Å². The predicted octanol–water partition coefficient (Wildman–Crippen LogP) is 4.64. The summed E-state index contributed by atoms with van der Waals surface area (Å²) in [4.78, 5) is 12.7. The summed E-state index contributed by atoms with van der Waals surface area (Å²) in [6.07, 6.45) is 0. The molecule has 0 bridgehead atoms. The van der Waals surface area contributed by atoms with Gasteiger partial charge in [-0.2, -0.15) is 0 Å². The highest BCUT2D eigenvalue weighted by Crippen LogP contribution is 2.41. The maximum Gasteiger partial charge on any atom is 0.337 e. The lowest BCUT2D eigenvalue weighted by Crippen LogP contribution is -2.14. The van der Waals surface area contributed by atoms with Crippen molar-refractivity contribution in [1.29, 1.82) is 0 Å². The molecule has 1 heterocycles. The summed E-state index contributed by atoms with van der Waals surface area (Å²) in [6.45, 7) is 0. The van der Waals surface area contributed by atoms with Crippen LogP contribution in [0.3, 0.4) is 0 Å². The van der Waals surface area contributed by atoms with E-state index < -0.39 is 16.9 Å². The number of rotatable bonds is 6. The van der Waals surface area contributed by atoms with E-state index in [-0.39, 0.29) is 11.3 Å². The number of esters is 1. The summed E-state index contributed by atoms with van der Waals surface area (Å²) in [5.74, 6) is -0.280. The molecule has 0 spiro atoms. The van der Waals surface area contributed by atoms with Gasteiger partial charge in [0, 0.05) is 9.35 Å². The Bertz CT molecular complexity index is 1070. The number of thiophene rings is 1. The van der Waals surface area contributed by atoms with Crippen molar-refractivity contribution >= 4 is 54.8 Å². The number of hydrogen-bond acceptors (Lipinski definition) is 6. The van der Waals surface area contributed by atoms with E-state index in [1.54, 1.807) is 6.07 Å². The molecule has 0 fully saturated rings. The van der Waals surface area contributed by atoms with Crippen molar-refractivity contribution in [3.05, 3.63) is 64.6 Å². The van der Waals surface area contributed by atoms with Gasteiger partial charge in [-0.3, -0.25) is 0 Å². The van der Waals surface area contributed by atoms with Crippen LogP contribution in [0.25, 0.3) is 10.4 Å². The summed E-state index contributed by atoms with van der Waals surface area (Å²) >= 11 is 4.74. The summed E-state index contributed by atoms with van der Waals surface area (Å²) in [5, 5.41) is 0.512. The molecule has 0 unspecified atom stereocenters. The molecule has 0 amide bonds. The molecule has 6 nitrogen and oxygen atoms in total. The molecule has 2 aromatic carbocycles. The molecule has 0 saturated carbocycles. The van der Waals surface area contributed by atoms with Crippen LogP contribution in [0.1, 0.15) is 10.4 Å². The Balaban J connectivity index is 2.03. The number of anilines is 2. The number of hydrogen-bond donors (Lipinski definition) is 1. The predicted molar refractivity (Wildman–Crippen MR) is 114 cm³/mol. The summed E-state index contributed by atoms with van der Waals surface area (Å²) < 4.78 is 36.3. The highest BCUT2D eigenvalue weighted by Gasteiger charge is 2.20. The molecule has 9 heteroatoms. The van der Waals surface area contributed by atoms with Crippen molar-refractivity contribution in [2.24, 2.45) is 0 Å². The maximum atomic E-state index is 12.1. The Morgan fingerprint density at radius 2 is 1.75 bits per heavy atom. The van der Waals surface area contributed by atoms with Crippen molar-refractivity contribution < 1.29 is 22.7 Å². The second-order valence-electron chi connectivity index (χ2n) is 5.57. The lowest BCUT2D eigenvalue weighted by Gasteiger charge is -2.19. The molecule has 0 radical (unpaired) electrons. The van der Waals surface area contributed by atoms with Crippen LogP contribution in [0.5, 0.6) is 5.75 Å². The van der Waals surface area contributed by atoms with Gasteiger partial charge < -0.3 is 9.47 Å². The van der Waals surface area contributed by atoms with Gasteiger partial charge in [0.1, 0.15) is 10.8 Å². The average molecular weight is 482 g/mol. The zero-order valence-corrected chi connectivity index (χ0v) is 18.2. The Morgan fingerprint density at radius 3 is 2.36 bits per heavy atom. The van der Waals surface area contributed by atoms with Crippen LogP contribution < -0.4 is 9.04 Å². The Labute approximate surface area is 176 Å². The van der Waals surface area contributed by atoms with Gasteiger partial charge in [0.15, 0.2) is 0 Å². The summed E-state index contributed by atoms with van der Waals surface area (Å²) in [7, 11) is -0.297. The summed E-state index contributed by atoms with van der Waals surface area (Å²) in [6, 6.07) is 15.8. The molecule has 1 aromatic heterocycles. The molecule has 0 aliphatic carbocycles. The smallest absolute Gasteiger partial charge is 0.337 e. The first kappa shape index (κ1) is 20.4. The number of ether oxygens (including phenoxy) is 2. The van der Waals surface area contributed by atoms with Crippen LogP contribution in [0.4, 0.5) is 10.7 Å². The third-order valence-corrected chi connectivity index (χ3v) is 6.46. The van der Waals surface area contributed by atoms with Gasteiger partial charge in [0.25, 0.3) is 0 Å². The first-order chi connectivity index (χ1) is 13.4. The molecule has 3 rings (SSSR count). The maximum absolute atomic E-state index is 12.1. The van der Waals surface area contributed by atoms with Crippen LogP contribution in [-0.2, 0) is 15.6 Å². The van der Waals surface area contributed by atoms with Crippen LogP contribution in [0, 0.1) is 0 Å².